The van der Waals surface area contributed by atoms with E-state index in [1.807, 2.05) is 23.9 Å². The Kier molecular flexibility index (Phi) is 6.85. The molecular formula is C27H36N6O4. The highest BCUT2D eigenvalue weighted by Gasteiger charge is 2.34. The summed E-state index contributed by atoms with van der Waals surface area (Å²) in [5.74, 6) is 2.71. The number of aliphatic hydroxyl groups is 2. The minimum atomic E-state index is -0.378. The molecule has 1 aromatic carbocycles. The van der Waals surface area contributed by atoms with Crippen molar-refractivity contribution in [2.75, 3.05) is 57.5 Å². The lowest BCUT2D eigenvalue weighted by atomic mass is 9.85. The third-order valence-electron chi connectivity index (χ3n) is 8.11. The second-order valence-corrected chi connectivity index (χ2v) is 10.6. The highest BCUT2D eigenvalue weighted by atomic mass is 16.5. The average molecular weight is 509 g/mol. The maximum Gasteiger partial charge on any atom is 0.159 e. The van der Waals surface area contributed by atoms with Gasteiger partial charge in [-0.1, -0.05) is 0 Å². The van der Waals surface area contributed by atoms with Gasteiger partial charge in [-0.25, -0.2) is 14.6 Å². The van der Waals surface area contributed by atoms with E-state index in [-0.39, 0.29) is 24.9 Å². The number of fused-ring (bicyclic) bond motifs is 1. The maximum atomic E-state index is 10.2. The molecule has 0 bridgehead atoms. The van der Waals surface area contributed by atoms with Gasteiger partial charge in [0.25, 0.3) is 0 Å². The molecular weight excluding hydrogens is 472 g/mol. The van der Waals surface area contributed by atoms with Crippen LogP contribution in [0.3, 0.4) is 0 Å². The number of morpholine rings is 1. The van der Waals surface area contributed by atoms with Gasteiger partial charge in [0.05, 0.1) is 56.4 Å². The molecule has 3 saturated heterocycles. The van der Waals surface area contributed by atoms with Gasteiger partial charge in [-0.05, 0) is 69.0 Å². The number of hydrogen-bond donors (Lipinski definition) is 2. The molecule has 5 heterocycles. The van der Waals surface area contributed by atoms with Crippen LogP contribution in [0.1, 0.15) is 35.7 Å². The third-order valence-corrected chi connectivity index (χ3v) is 8.11. The number of hydrogen-bond acceptors (Lipinski definition) is 9. The first-order valence-electron chi connectivity index (χ1n) is 13.3. The topological polar surface area (TPSA) is 109 Å². The van der Waals surface area contributed by atoms with Gasteiger partial charge in [0, 0.05) is 24.5 Å². The van der Waals surface area contributed by atoms with E-state index >= 15 is 0 Å². The largest absolute Gasteiger partial charge is 0.394 e. The molecule has 10 heteroatoms. The first kappa shape index (κ1) is 24.7. The van der Waals surface area contributed by atoms with Crippen molar-refractivity contribution >= 4 is 16.7 Å². The predicted molar refractivity (Wildman–Crippen MR) is 139 cm³/mol. The summed E-state index contributed by atoms with van der Waals surface area (Å²) >= 11 is 0. The zero-order valence-electron chi connectivity index (χ0n) is 21.6. The van der Waals surface area contributed by atoms with E-state index in [2.05, 4.69) is 33.8 Å². The van der Waals surface area contributed by atoms with E-state index in [0.29, 0.717) is 38.1 Å². The smallest absolute Gasteiger partial charge is 0.159 e. The number of benzene rings is 1. The third kappa shape index (κ3) is 4.84. The zero-order valence-corrected chi connectivity index (χ0v) is 21.6. The van der Waals surface area contributed by atoms with Gasteiger partial charge in [0.15, 0.2) is 5.82 Å². The zero-order chi connectivity index (χ0) is 25.5. The number of piperidine rings is 1. The van der Waals surface area contributed by atoms with Gasteiger partial charge < -0.3 is 24.6 Å². The normalized spacial score (nSPS) is 25.8. The molecule has 3 fully saturated rings. The lowest BCUT2D eigenvalue weighted by Gasteiger charge is -2.37. The first-order valence-corrected chi connectivity index (χ1v) is 13.3. The van der Waals surface area contributed by atoms with E-state index < -0.39 is 0 Å². The van der Waals surface area contributed by atoms with Crippen molar-refractivity contribution in [2.24, 2.45) is 0 Å². The van der Waals surface area contributed by atoms with Crippen LogP contribution in [0.25, 0.3) is 16.7 Å². The number of aryl methyl sites for hydroxylation is 2. The van der Waals surface area contributed by atoms with Crippen LogP contribution < -0.4 is 4.90 Å². The Balaban J connectivity index is 1.27. The van der Waals surface area contributed by atoms with Gasteiger partial charge in [-0.3, -0.25) is 4.90 Å². The molecule has 37 heavy (non-hydrogen) atoms. The van der Waals surface area contributed by atoms with Crippen LogP contribution in [-0.4, -0.2) is 106 Å². The number of aromatic nitrogens is 4. The minimum Gasteiger partial charge on any atom is -0.394 e. The summed E-state index contributed by atoms with van der Waals surface area (Å²) in [7, 11) is 0. The fraction of sp³-hybridized carbons (Fsp3) is 0.593. The standard InChI is InChI=1S/C27H36N6O4/c1-17-9-20-12-28-33(27-11-26(29-18(2)30-27)32-7-8-37-21(13-32)14-34)23(20)10-22(17)19-3-5-31(6-4-19)24-15-36-16-25(24)35/h9-12,19,21,24-25,34-35H,3-8,13-16H2,1-2H3. The summed E-state index contributed by atoms with van der Waals surface area (Å²) in [6, 6.07) is 6.63. The molecule has 198 valence electrons. The molecule has 6 rings (SSSR count). The van der Waals surface area contributed by atoms with Crippen LogP contribution in [0.4, 0.5) is 5.82 Å². The summed E-state index contributed by atoms with van der Waals surface area (Å²) < 4.78 is 13.0. The van der Waals surface area contributed by atoms with Crippen LogP contribution in [0.5, 0.6) is 0 Å². The molecule has 0 radical (unpaired) electrons. The van der Waals surface area contributed by atoms with Gasteiger partial charge in [-0.2, -0.15) is 5.10 Å². The second-order valence-electron chi connectivity index (χ2n) is 10.6. The van der Waals surface area contributed by atoms with Crippen LogP contribution in [0.15, 0.2) is 24.4 Å². The summed E-state index contributed by atoms with van der Waals surface area (Å²) in [6.07, 6.45) is 3.44. The average Bonchev–Trinajstić information content (AvgIpc) is 3.53. The molecule has 3 aliphatic heterocycles. The molecule has 10 nitrogen and oxygen atoms in total. The van der Waals surface area contributed by atoms with Crippen molar-refractivity contribution in [2.45, 2.75) is 50.9 Å². The fourth-order valence-electron chi connectivity index (χ4n) is 6.09. The van der Waals surface area contributed by atoms with Crippen molar-refractivity contribution in [3.63, 3.8) is 0 Å². The maximum absolute atomic E-state index is 10.2. The predicted octanol–water partition coefficient (Wildman–Crippen LogP) is 1.57. The molecule has 3 aliphatic rings. The molecule has 3 atom stereocenters. The highest BCUT2D eigenvalue weighted by molar-refractivity contribution is 5.82. The van der Waals surface area contributed by atoms with E-state index in [4.69, 9.17) is 19.6 Å². The second kappa shape index (κ2) is 10.3. The summed E-state index contributed by atoms with van der Waals surface area (Å²) in [6.45, 7) is 8.97. The van der Waals surface area contributed by atoms with Crippen LogP contribution in [0, 0.1) is 13.8 Å². The highest BCUT2D eigenvalue weighted by Crippen LogP contribution is 2.34. The van der Waals surface area contributed by atoms with E-state index in [9.17, 15) is 10.2 Å². The SMILES string of the molecule is Cc1nc(N2CCOC(CO)C2)cc(-n2ncc3cc(C)c(C4CCN(C5COCC5O)CC4)cc32)n1. The van der Waals surface area contributed by atoms with Gasteiger partial charge >= 0.3 is 0 Å². The molecule has 2 aromatic heterocycles. The number of nitrogens with zero attached hydrogens (tertiary/aromatic N) is 6. The van der Waals surface area contributed by atoms with Gasteiger partial charge in [-0.15, -0.1) is 0 Å². The minimum absolute atomic E-state index is 0.00666. The molecule has 3 unspecified atom stereocenters. The Morgan fingerprint density at radius 1 is 1.03 bits per heavy atom. The van der Waals surface area contributed by atoms with E-state index in [1.54, 1.807) is 0 Å². The molecule has 0 spiro atoms. The van der Waals surface area contributed by atoms with Crippen molar-refractivity contribution in [3.8, 4) is 5.82 Å². The Labute approximate surface area is 216 Å². The van der Waals surface area contributed by atoms with Gasteiger partial charge in [0.1, 0.15) is 11.6 Å². The van der Waals surface area contributed by atoms with Crippen molar-refractivity contribution in [3.05, 3.63) is 41.3 Å². The number of anilines is 1. The lowest BCUT2D eigenvalue weighted by Crippen LogP contribution is -2.46. The van der Waals surface area contributed by atoms with Crippen LogP contribution in [-0.2, 0) is 9.47 Å². The number of rotatable bonds is 5. The van der Waals surface area contributed by atoms with Crippen LogP contribution >= 0.6 is 0 Å². The molecule has 2 N–H and O–H groups in total. The quantitative estimate of drug-likeness (QED) is 0.531. The number of ether oxygens (including phenoxy) is 2. The number of likely N-dealkylation sites (tertiary alicyclic amines) is 1. The van der Waals surface area contributed by atoms with Crippen molar-refractivity contribution in [1.82, 2.24) is 24.6 Å². The number of aliphatic hydroxyl groups excluding tert-OH is 2. The van der Waals surface area contributed by atoms with Crippen molar-refractivity contribution in [1.29, 1.82) is 0 Å². The van der Waals surface area contributed by atoms with E-state index in [0.717, 1.165) is 55.0 Å². The molecule has 3 aromatic rings. The Bertz CT molecular complexity index is 1260. The van der Waals surface area contributed by atoms with Crippen molar-refractivity contribution < 1.29 is 19.7 Å². The summed E-state index contributed by atoms with van der Waals surface area (Å²) in [4.78, 5) is 13.9. The summed E-state index contributed by atoms with van der Waals surface area (Å²) in [5, 5.41) is 25.6. The van der Waals surface area contributed by atoms with Crippen LogP contribution in [0.2, 0.25) is 0 Å². The first-order chi connectivity index (χ1) is 18.0. The molecule has 0 amide bonds. The Morgan fingerprint density at radius 2 is 1.84 bits per heavy atom. The Morgan fingerprint density at radius 3 is 2.59 bits per heavy atom. The lowest BCUT2D eigenvalue weighted by molar-refractivity contribution is 0.00335. The van der Waals surface area contributed by atoms with E-state index in [1.165, 1.54) is 11.1 Å². The molecule has 0 saturated carbocycles. The molecule has 0 aliphatic carbocycles. The summed E-state index contributed by atoms with van der Waals surface area (Å²) in [5.41, 5.74) is 3.70. The fourth-order valence-corrected chi connectivity index (χ4v) is 6.09. The Hall–Kier alpha value is -2.63. The monoisotopic (exact) mass is 508 g/mol. The van der Waals surface area contributed by atoms with Gasteiger partial charge in [0.2, 0.25) is 0 Å².